The third kappa shape index (κ3) is 4.94. The smallest absolute Gasteiger partial charge is 0.223 e. The van der Waals surface area contributed by atoms with Crippen molar-refractivity contribution in [2.45, 2.75) is 0 Å². The summed E-state index contributed by atoms with van der Waals surface area (Å²) in [7, 11) is 0. The molecule has 4 nitrogen and oxygen atoms in total. The van der Waals surface area contributed by atoms with Gasteiger partial charge in [0.2, 0.25) is 12.6 Å². The predicted octanol–water partition coefficient (Wildman–Crippen LogP) is -0.342. The Labute approximate surface area is 46.6 Å². The Balaban J connectivity index is 3.06. The van der Waals surface area contributed by atoms with Gasteiger partial charge in [-0.2, -0.15) is 10.2 Å². The summed E-state index contributed by atoms with van der Waals surface area (Å²) < 4.78 is 0. The summed E-state index contributed by atoms with van der Waals surface area (Å²) in [6, 6.07) is 0. The van der Waals surface area contributed by atoms with Gasteiger partial charge >= 0.3 is 0 Å². The fourth-order valence-corrected chi connectivity index (χ4v) is 0.158. The average Bonchev–Trinajstić information content (AvgIpc) is 1.81. The first kappa shape index (κ1) is 6.94. The van der Waals surface area contributed by atoms with E-state index < -0.39 is 0 Å². The van der Waals surface area contributed by atoms with Crippen LogP contribution in [0.1, 0.15) is 0 Å². The van der Waals surface area contributed by atoms with Crippen LogP contribution in [0.25, 0.3) is 0 Å². The van der Waals surface area contributed by atoms with Crippen LogP contribution in [0.5, 0.6) is 0 Å². The van der Waals surface area contributed by atoms with Crippen molar-refractivity contribution in [1.29, 1.82) is 0 Å². The predicted molar refractivity (Wildman–Crippen MR) is 26.0 cm³/mol. The second kappa shape index (κ2) is 5.94. The highest BCUT2D eigenvalue weighted by Crippen LogP contribution is 1.68. The first-order valence-electron chi connectivity index (χ1n) is 1.95. The van der Waals surface area contributed by atoms with Crippen molar-refractivity contribution >= 4 is 12.6 Å². The van der Waals surface area contributed by atoms with Crippen LogP contribution >= 0.6 is 0 Å². The summed E-state index contributed by atoms with van der Waals surface area (Å²) in [6.45, 7) is -0.191. The van der Waals surface area contributed by atoms with E-state index in [2.05, 4.69) is 10.2 Å². The molecule has 0 rings (SSSR count). The molecular weight excluding hydrogens is 108 g/mol. The Kier molecular flexibility index (Phi) is 5.15. The fourth-order valence-electron chi connectivity index (χ4n) is 0.158. The Morgan fingerprint density at radius 2 is 1.38 bits per heavy atom. The number of carbonyl (C=O) groups excluding carboxylic acids is 2. The van der Waals surface area contributed by atoms with Crippen LogP contribution in [-0.4, -0.2) is 25.7 Å². The van der Waals surface area contributed by atoms with Crippen molar-refractivity contribution in [3.8, 4) is 0 Å². The van der Waals surface area contributed by atoms with Crippen molar-refractivity contribution in [2.24, 2.45) is 10.2 Å². The van der Waals surface area contributed by atoms with Gasteiger partial charge in [-0.15, -0.1) is 0 Å². The van der Waals surface area contributed by atoms with E-state index in [-0.39, 0.29) is 13.1 Å². The topological polar surface area (TPSA) is 58.9 Å². The largest absolute Gasteiger partial charge is 0.289 e. The maximum Gasteiger partial charge on any atom is 0.223 e. The van der Waals surface area contributed by atoms with Gasteiger partial charge in [-0.1, -0.05) is 0 Å². The molecule has 0 amide bonds. The standard InChI is InChI=1S/C4H4N2O2/c7-3-1-5-6-2-4-8/h1-2H2/b6-5+. The third-order valence-corrected chi connectivity index (χ3v) is 0.371. The lowest BCUT2D eigenvalue weighted by Crippen LogP contribution is -1.80. The highest BCUT2D eigenvalue weighted by atomic mass is 16.1. The van der Waals surface area contributed by atoms with Gasteiger partial charge in [-0.25, -0.2) is 0 Å². The van der Waals surface area contributed by atoms with Crippen molar-refractivity contribution in [3.63, 3.8) is 0 Å². The summed E-state index contributed by atoms with van der Waals surface area (Å²) in [6.07, 6.45) is 2.97. The van der Waals surface area contributed by atoms with Crippen molar-refractivity contribution in [3.05, 3.63) is 0 Å². The molecule has 0 fully saturated rings. The summed E-state index contributed by atoms with van der Waals surface area (Å²) in [4.78, 5) is 18.8. The minimum Gasteiger partial charge on any atom is -0.289 e. The van der Waals surface area contributed by atoms with E-state index in [1.54, 1.807) is 0 Å². The minimum atomic E-state index is -0.0956. The van der Waals surface area contributed by atoms with E-state index in [9.17, 15) is 9.59 Å². The summed E-state index contributed by atoms with van der Waals surface area (Å²) in [5.41, 5.74) is 0. The van der Waals surface area contributed by atoms with Gasteiger partial charge in [-0.05, 0) is 0 Å². The molecule has 0 atom stereocenters. The zero-order valence-corrected chi connectivity index (χ0v) is 4.13. The molecule has 0 aliphatic rings. The lowest BCUT2D eigenvalue weighted by Gasteiger charge is -1.72. The van der Waals surface area contributed by atoms with Crippen LogP contribution in [0.4, 0.5) is 0 Å². The van der Waals surface area contributed by atoms with Crippen molar-refractivity contribution in [1.82, 2.24) is 0 Å². The van der Waals surface area contributed by atoms with Crippen LogP contribution in [0.3, 0.4) is 0 Å². The molecule has 42 valence electrons. The van der Waals surface area contributed by atoms with Crippen LogP contribution < -0.4 is 0 Å². The van der Waals surface area contributed by atoms with E-state index in [1.165, 1.54) is 12.6 Å². The molecule has 0 aromatic heterocycles. The van der Waals surface area contributed by atoms with E-state index in [0.29, 0.717) is 0 Å². The highest BCUT2D eigenvalue weighted by Gasteiger charge is 1.74. The summed E-state index contributed by atoms with van der Waals surface area (Å²) in [5.74, 6) is 0. The molecule has 0 N–H and O–H groups in total. The van der Waals surface area contributed by atoms with Gasteiger partial charge in [0.05, 0.1) is 0 Å². The van der Waals surface area contributed by atoms with Gasteiger partial charge in [0, 0.05) is 0 Å². The van der Waals surface area contributed by atoms with Gasteiger partial charge in [0.15, 0.2) is 0 Å². The summed E-state index contributed by atoms with van der Waals surface area (Å²) >= 11 is 0. The van der Waals surface area contributed by atoms with Gasteiger partial charge in [0.1, 0.15) is 13.1 Å². The van der Waals surface area contributed by atoms with Gasteiger partial charge in [0.25, 0.3) is 0 Å². The van der Waals surface area contributed by atoms with E-state index in [1.807, 2.05) is 0 Å². The number of hydrogen-bond donors (Lipinski definition) is 0. The molecule has 0 saturated carbocycles. The molecule has 0 aliphatic carbocycles. The Hall–Kier alpha value is -1.06. The molecule has 0 bridgehead atoms. The molecule has 8 heavy (non-hydrogen) atoms. The number of hydrogen-bond acceptors (Lipinski definition) is 4. The Bertz CT molecular complexity index is 88.2. The molecule has 0 aromatic carbocycles. The van der Waals surface area contributed by atoms with Gasteiger partial charge < -0.3 is 0 Å². The molecular formula is C4H4N2O2. The van der Waals surface area contributed by atoms with Crippen LogP contribution in [-0.2, 0) is 9.59 Å². The Morgan fingerprint density at radius 3 is 1.62 bits per heavy atom. The maximum absolute atomic E-state index is 9.39. The second-order valence-electron chi connectivity index (χ2n) is 0.888. The van der Waals surface area contributed by atoms with Crippen molar-refractivity contribution in [2.75, 3.05) is 13.1 Å². The fraction of sp³-hybridized carbons (Fsp3) is 0.500. The molecule has 0 heterocycles. The first-order valence-corrected chi connectivity index (χ1v) is 1.95. The number of rotatable bonds is 4. The normalized spacial score (nSPS) is 9.50. The molecule has 2 radical (unpaired) electrons. The van der Waals surface area contributed by atoms with E-state index in [4.69, 9.17) is 0 Å². The Morgan fingerprint density at radius 1 is 1.00 bits per heavy atom. The van der Waals surface area contributed by atoms with E-state index >= 15 is 0 Å². The second-order valence-corrected chi connectivity index (χ2v) is 0.888. The monoisotopic (exact) mass is 112 g/mol. The molecule has 0 saturated heterocycles. The molecule has 4 heteroatoms. The maximum atomic E-state index is 9.39. The quantitative estimate of drug-likeness (QED) is 0.467. The average molecular weight is 112 g/mol. The molecule has 0 unspecified atom stereocenters. The molecule has 0 spiro atoms. The van der Waals surface area contributed by atoms with Gasteiger partial charge in [-0.3, -0.25) is 9.59 Å². The SMILES string of the molecule is O=[C]C/N=N/C[C]=O. The lowest BCUT2D eigenvalue weighted by atomic mass is 10.8. The number of azo groups is 1. The van der Waals surface area contributed by atoms with Crippen LogP contribution in [0, 0.1) is 0 Å². The zero-order chi connectivity index (χ0) is 6.24. The highest BCUT2D eigenvalue weighted by molar-refractivity contribution is 5.54. The minimum absolute atomic E-state index is 0.0956. The third-order valence-electron chi connectivity index (χ3n) is 0.371. The van der Waals surface area contributed by atoms with E-state index in [0.717, 1.165) is 0 Å². The zero-order valence-electron chi connectivity index (χ0n) is 4.13. The van der Waals surface area contributed by atoms with Crippen LogP contribution in [0.15, 0.2) is 10.2 Å². The number of nitrogens with zero attached hydrogens (tertiary/aromatic N) is 2. The summed E-state index contributed by atoms with van der Waals surface area (Å²) in [5, 5.41) is 6.44. The molecule has 0 aromatic rings. The van der Waals surface area contributed by atoms with Crippen molar-refractivity contribution < 1.29 is 9.59 Å². The van der Waals surface area contributed by atoms with Crippen LogP contribution in [0.2, 0.25) is 0 Å². The lowest BCUT2D eigenvalue weighted by molar-refractivity contribution is 0.551. The molecule has 0 aliphatic heterocycles. The first-order chi connectivity index (χ1) is 3.91.